The second-order valence-corrected chi connectivity index (χ2v) is 10.2. The molecule has 2 saturated carbocycles. The first-order valence-electron chi connectivity index (χ1n) is 9.55. The summed E-state index contributed by atoms with van der Waals surface area (Å²) in [4.78, 5) is 15.7. The van der Waals surface area contributed by atoms with Crippen molar-refractivity contribution in [2.45, 2.75) is 41.5 Å². The largest absolute Gasteiger partial charge is 0.378 e. The number of carbonyl (C=O) groups is 1. The molecule has 0 radical (unpaired) electrons. The Morgan fingerprint density at radius 1 is 1.22 bits per heavy atom. The first kappa shape index (κ1) is 19.2. The molecule has 0 unspecified atom stereocenters. The minimum absolute atomic E-state index is 0.0346. The third-order valence-electron chi connectivity index (χ3n) is 6.05. The number of hydrogen-bond donors (Lipinski definition) is 1. The van der Waals surface area contributed by atoms with Gasteiger partial charge in [0.15, 0.2) is 0 Å². The molecule has 6 nitrogen and oxygen atoms in total. The van der Waals surface area contributed by atoms with Crippen molar-refractivity contribution in [2.24, 2.45) is 11.8 Å². The summed E-state index contributed by atoms with van der Waals surface area (Å²) < 4.78 is 34.1. The number of amides is 1. The van der Waals surface area contributed by atoms with Gasteiger partial charge in [-0.25, -0.2) is 13.1 Å². The van der Waals surface area contributed by atoms with Crippen molar-refractivity contribution in [1.82, 2.24) is 9.62 Å². The van der Waals surface area contributed by atoms with Crippen molar-refractivity contribution in [3.8, 4) is 0 Å². The minimum atomic E-state index is -3.63. The van der Waals surface area contributed by atoms with Crippen molar-refractivity contribution in [2.75, 3.05) is 32.6 Å². The second kappa shape index (κ2) is 7.73. The van der Waals surface area contributed by atoms with Gasteiger partial charge in [0.2, 0.25) is 10.0 Å². The Bertz CT molecular complexity index is 821. The highest BCUT2D eigenvalue weighted by atomic mass is 32.2. The summed E-state index contributed by atoms with van der Waals surface area (Å²) in [6, 6.07) is 4.93. The van der Waals surface area contributed by atoms with Crippen LogP contribution in [-0.2, 0) is 14.8 Å². The molecule has 0 spiro atoms. The normalized spacial score (nSPS) is 27.9. The zero-order valence-electron chi connectivity index (χ0n) is 15.5. The van der Waals surface area contributed by atoms with Crippen molar-refractivity contribution in [1.29, 1.82) is 0 Å². The summed E-state index contributed by atoms with van der Waals surface area (Å²) in [5.41, 5.74) is 0.459. The molecule has 1 aromatic rings. The monoisotopic (exact) mass is 410 g/mol. The number of ether oxygens (including phenoxy) is 1. The van der Waals surface area contributed by atoms with Crippen LogP contribution in [0.15, 0.2) is 28.0 Å². The van der Waals surface area contributed by atoms with Gasteiger partial charge < -0.3 is 9.64 Å². The summed E-state index contributed by atoms with van der Waals surface area (Å²) >= 11 is 1.46. The Kier molecular flexibility index (Phi) is 5.51. The lowest BCUT2D eigenvalue weighted by Crippen LogP contribution is -2.41. The fraction of sp³-hybridized carbons (Fsp3) is 0.632. The molecule has 2 bridgehead atoms. The van der Waals surface area contributed by atoms with Crippen LogP contribution in [0.5, 0.6) is 0 Å². The second-order valence-electron chi connectivity index (χ2n) is 7.67. The quantitative estimate of drug-likeness (QED) is 0.754. The van der Waals surface area contributed by atoms with E-state index in [0.29, 0.717) is 43.7 Å². The van der Waals surface area contributed by atoms with Crippen molar-refractivity contribution >= 4 is 27.7 Å². The van der Waals surface area contributed by atoms with Crippen LogP contribution in [0.4, 0.5) is 0 Å². The van der Waals surface area contributed by atoms with Gasteiger partial charge in [-0.2, -0.15) is 0 Å². The van der Waals surface area contributed by atoms with E-state index < -0.39 is 10.0 Å². The number of nitrogens with zero attached hydrogens (tertiary/aromatic N) is 1. The molecule has 3 fully saturated rings. The molecule has 1 heterocycles. The summed E-state index contributed by atoms with van der Waals surface area (Å²) in [5, 5.41) is 0. The van der Waals surface area contributed by atoms with Crippen LogP contribution in [0, 0.1) is 11.8 Å². The van der Waals surface area contributed by atoms with Gasteiger partial charge >= 0.3 is 0 Å². The van der Waals surface area contributed by atoms with Crippen molar-refractivity contribution < 1.29 is 17.9 Å². The van der Waals surface area contributed by atoms with E-state index in [2.05, 4.69) is 4.72 Å². The predicted molar refractivity (Wildman–Crippen MR) is 105 cm³/mol. The summed E-state index contributed by atoms with van der Waals surface area (Å²) in [6.07, 6.45) is 6.31. The lowest BCUT2D eigenvalue weighted by molar-refractivity contribution is 0.0300. The van der Waals surface area contributed by atoms with Gasteiger partial charge in [-0.05, 0) is 55.6 Å². The van der Waals surface area contributed by atoms with Crippen LogP contribution < -0.4 is 4.72 Å². The number of thioether (sulfide) groups is 1. The van der Waals surface area contributed by atoms with Crippen molar-refractivity contribution in [3.05, 3.63) is 23.8 Å². The number of morpholine rings is 1. The molecular weight excluding hydrogens is 384 g/mol. The van der Waals surface area contributed by atoms with E-state index in [0.717, 1.165) is 24.2 Å². The average molecular weight is 411 g/mol. The zero-order chi connectivity index (χ0) is 19.0. The number of nitrogens with one attached hydrogen (secondary N) is 1. The maximum atomic E-state index is 13.0. The average Bonchev–Trinajstić information content (AvgIpc) is 3.30. The molecule has 3 atom stereocenters. The van der Waals surface area contributed by atoms with Gasteiger partial charge in [-0.3, -0.25) is 4.79 Å². The van der Waals surface area contributed by atoms with E-state index in [1.807, 2.05) is 6.26 Å². The van der Waals surface area contributed by atoms with Crippen LogP contribution >= 0.6 is 11.8 Å². The highest BCUT2D eigenvalue weighted by Gasteiger charge is 2.41. The molecule has 148 valence electrons. The number of benzene rings is 1. The Morgan fingerprint density at radius 2 is 2.00 bits per heavy atom. The third-order valence-corrected chi connectivity index (χ3v) is 8.34. The molecule has 3 aliphatic rings. The van der Waals surface area contributed by atoms with E-state index in [1.54, 1.807) is 23.1 Å². The summed E-state index contributed by atoms with van der Waals surface area (Å²) in [7, 11) is -3.63. The topological polar surface area (TPSA) is 75.7 Å². The molecule has 4 rings (SSSR count). The van der Waals surface area contributed by atoms with Gasteiger partial charge in [0, 0.05) is 24.0 Å². The molecule has 27 heavy (non-hydrogen) atoms. The molecule has 1 N–H and O–H groups in total. The minimum Gasteiger partial charge on any atom is -0.378 e. The lowest BCUT2D eigenvalue weighted by atomic mass is 9.96. The number of hydrogen-bond acceptors (Lipinski definition) is 5. The first-order chi connectivity index (χ1) is 13.0. The zero-order valence-corrected chi connectivity index (χ0v) is 17.2. The van der Waals surface area contributed by atoms with Crippen LogP contribution in [0.1, 0.15) is 36.0 Å². The fourth-order valence-electron chi connectivity index (χ4n) is 4.61. The molecule has 1 aliphatic heterocycles. The van der Waals surface area contributed by atoms with Crippen LogP contribution in [-0.4, -0.2) is 57.8 Å². The van der Waals surface area contributed by atoms with E-state index in [1.165, 1.54) is 18.2 Å². The highest BCUT2D eigenvalue weighted by molar-refractivity contribution is 7.98. The highest BCUT2D eigenvalue weighted by Crippen LogP contribution is 2.44. The smallest absolute Gasteiger partial charge is 0.255 e. The molecule has 0 aromatic heterocycles. The molecular formula is C19H26N2O4S2. The molecule has 2 aliphatic carbocycles. The first-order valence-corrected chi connectivity index (χ1v) is 12.3. The molecule has 1 aromatic carbocycles. The molecule has 1 amide bonds. The maximum Gasteiger partial charge on any atom is 0.255 e. The fourth-order valence-corrected chi connectivity index (χ4v) is 6.53. The van der Waals surface area contributed by atoms with Crippen molar-refractivity contribution in [3.63, 3.8) is 0 Å². The summed E-state index contributed by atoms with van der Waals surface area (Å²) in [6.45, 7) is 2.11. The number of sulfonamides is 1. The van der Waals surface area contributed by atoms with Crippen LogP contribution in [0.25, 0.3) is 0 Å². The van der Waals surface area contributed by atoms with Gasteiger partial charge in [-0.15, -0.1) is 11.8 Å². The van der Waals surface area contributed by atoms with E-state index in [-0.39, 0.29) is 16.8 Å². The predicted octanol–water partition coefficient (Wildman–Crippen LogP) is 2.35. The van der Waals surface area contributed by atoms with E-state index >= 15 is 0 Å². The SMILES string of the molecule is CSc1ccc(S(=O)(=O)N[C@@H]2C[C@H]3CC[C@H]2C3)cc1C(=O)N1CCOCC1. The lowest BCUT2D eigenvalue weighted by Gasteiger charge is -2.28. The van der Waals surface area contributed by atoms with Gasteiger partial charge in [-0.1, -0.05) is 6.42 Å². The molecule has 1 saturated heterocycles. The molecule has 8 heteroatoms. The number of rotatable bonds is 5. The third kappa shape index (κ3) is 3.90. The Hall–Kier alpha value is -1.09. The Labute approximate surface area is 165 Å². The number of carbonyl (C=O) groups excluding carboxylic acids is 1. The van der Waals surface area contributed by atoms with Crippen LogP contribution in [0.3, 0.4) is 0 Å². The number of fused-ring (bicyclic) bond motifs is 2. The Morgan fingerprint density at radius 3 is 2.63 bits per heavy atom. The van der Waals surface area contributed by atoms with E-state index in [9.17, 15) is 13.2 Å². The van der Waals surface area contributed by atoms with Gasteiger partial charge in [0.25, 0.3) is 5.91 Å². The van der Waals surface area contributed by atoms with Crippen LogP contribution in [0.2, 0.25) is 0 Å². The van der Waals surface area contributed by atoms with Gasteiger partial charge in [0.1, 0.15) is 0 Å². The van der Waals surface area contributed by atoms with Gasteiger partial charge in [0.05, 0.1) is 23.7 Å². The maximum absolute atomic E-state index is 13.0. The Balaban J connectivity index is 1.58. The standard InChI is InChI=1S/C19H26N2O4S2/c1-26-18-5-4-15(12-16(18)19(22)21-6-8-25-9-7-21)27(23,24)20-17-11-13-2-3-14(17)10-13/h4-5,12-14,17,20H,2-3,6-11H2,1H3/t13-,14-,17+/m0/s1. The van der Waals surface area contributed by atoms with E-state index in [4.69, 9.17) is 4.74 Å². The summed E-state index contributed by atoms with van der Waals surface area (Å²) in [5.74, 6) is 1.00.